The average Bonchev–Trinajstić information content (AvgIpc) is 2.72. The molecule has 3 rings (SSSR count). The molecule has 1 aromatic heterocycles. The first-order valence-electron chi connectivity index (χ1n) is 9.93. The Morgan fingerprint density at radius 2 is 1.88 bits per heavy atom. The van der Waals surface area contributed by atoms with Crippen LogP contribution in [-0.4, -0.2) is 53.7 Å². The molecule has 1 aliphatic rings. The van der Waals surface area contributed by atoms with E-state index < -0.39 is 23.4 Å². The summed E-state index contributed by atoms with van der Waals surface area (Å²) in [4.78, 5) is 32.5. The number of ether oxygens (including phenoxy) is 1. The Kier molecular flexibility index (Phi) is 6.69. The molecule has 1 aliphatic heterocycles. The second-order valence-corrected chi connectivity index (χ2v) is 9.17. The number of aromatic nitrogens is 1. The third-order valence-corrected chi connectivity index (χ3v) is 5.42. The van der Waals surface area contributed by atoms with Crippen molar-refractivity contribution in [3.05, 3.63) is 45.7 Å². The van der Waals surface area contributed by atoms with Crippen molar-refractivity contribution in [3.63, 3.8) is 0 Å². The highest BCUT2D eigenvalue weighted by Gasteiger charge is 2.28. The van der Waals surface area contributed by atoms with Gasteiger partial charge >= 0.3 is 6.09 Å². The Labute approximate surface area is 193 Å². The number of hydrogen-bond donors (Lipinski definition) is 1. The van der Waals surface area contributed by atoms with Gasteiger partial charge in [-0.2, -0.15) is 5.26 Å². The maximum atomic E-state index is 14.2. The van der Waals surface area contributed by atoms with Crippen LogP contribution in [0.15, 0.2) is 28.7 Å². The van der Waals surface area contributed by atoms with Crippen molar-refractivity contribution in [3.8, 4) is 17.3 Å². The molecule has 0 radical (unpaired) electrons. The number of carbonyl (C=O) groups is 2. The minimum atomic E-state index is -0.662. The molecular weight excluding hydrogens is 481 g/mol. The van der Waals surface area contributed by atoms with Crippen LogP contribution >= 0.6 is 15.9 Å². The number of anilines is 1. The number of amides is 2. The van der Waals surface area contributed by atoms with Crippen molar-refractivity contribution in [1.82, 2.24) is 9.88 Å². The number of nitrogens with two attached hydrogens (primary N) is 1. The number of piperazine rings is 1. The third-order valence-electron chi connectivity index (χ3n) is 4.82. The highest BCUT2D eigenvalue weighted by atomic mass is 79.9. The number of carbonyl (C=O) groups excluding carboxylic acids is 2. The van der Waals surface area contributed by atoms with E-state index in [1.54, 1.807) is 43.9 Å². The number of halogens is 2. The molecule has 0 bridgehead atoms. The first-order valence-corrected chi connectivity index (χ1v) is 10.7. The standard InChI is InChI=1S/C22H23BrFN5O3/c1-22(2,3)32-21(31)29-8-6-28(7-9-29)20-15(19(26)30)11-16(23)18(27-20)13-4-5-14(12-25)17(24)10-13/h4-5,10-11H,6-9H2,1-3H3,(H2,26,30). The zero-order valence-corrected chi connectivity index (χ0v) is 19.6. The summed E-state index contributed by atoms with van der Waals surface area (Å²) in [6, 6.07) is 7.52. The van der Waals surface area contributed by atoms with Crippen molar-refractivity contribution < 1.29 is 18.7 Å². The fourth-order valence-corrected chi connectivity index (χ4v) is 3.83. The van der Waals surface area contributed by atoms with Crippen molar-refractivity contribution in [2.45, 2.75) is 26.4 Å². The molecule has 2 aromatic rings. The number of nitriles is 1. The lowest BCUT2D eigenvalue weighted by molar-refractivity contribution is 0.0240. The van der Waals surface area contributed by atoms with Crippen molar-refractivity contribution in [2.24, 2.45) is 5.73 Å². The molecule has 2 amide bonds. The van der Waals surface area contributed by atoms with Crippen LogP contribution in [0.1, 0.15) is 36.7 Å². The molecule has 168 valence electrons. The van der Waals surface area contributed by atoms with E-state index in [1.165, 1.54) is 12.1 Å². The molecule has 10 heteroatoms. The van der Waals surface area contributed by atoms with Gasteiger partial charge in [0.15, 0.2) is 0 Å². The zero-order chi connectivity index (χ0) is 23.6. The maximum Gasteiger partial charge on any atom is 0.410 e. The van der Waals surface area contributed by atoms with Crippen LogP contribution in [0.2, 0.25) is 0 Å². The molecular formula is C22H23BrFN5O3. The number of benzene rings is 1. The van der Waals surface area contributed by atoms with E-state index in [9.17, 15) is 14.0 Å². The quantitative estimate of drug-likeness (QED) is 0.683. The van der Waals surface area contributed by atoms with Gasteiger partial charge in [0.1, 0.15) is 23.3 Å². The number of rotatable bonds is 3. The molecule has 0 saturated carbocycles. The smallest absolute Gasteiger partial charge is 0.410 e. The van der Waals surface area contributed by atoms with Gasteiger partial charge in [0.2, 0.25) is 0 Å². The molecule has 0 spiro atoms. The highest BCUT2D eigenvalue weighted by molar-refractivity contribution is 9.10. The van der Waals surface area contributed by atoms with Crippen molar-refractivity contribution in [2.75, 3.05) is 31.1 Å². The Balaban J connectivity index is 1.91. The fourth-order valence-electron chi connectivity index (χ4n) is 3.28. The topological polar surface area (TPSA) is 113 Å². The van der Waals surface area contributed by atoms with Crippen LogP contribution in [0.5, 0.6) is 0 Å². The molecule has 0 atom stereocenters. The molecule has 2 N–H and O–H groups in total. The van der Waals surface area contributed by atoms with Gasteiger partial charge in [-0.3, -0.25) is 4.79 Å². The molecule has 1 saturated heterocycles. The number of pyridine rings is 1. The number of nitrogens with zero attached hydrogens (tertiary/aromatic N) is 4. The van der Waals surface area contributed by atoms with Crippen LogP contribution in [0, 0.1) is 17.1 Å². The predicted octanol–water partition coefficient (Wildman–Crippen LogP) is 3.68. The van der Waals surface area contributed by atoms with Crippen LogP contribution in [-0.2, 0) is 4.74 Å². The summed E-state index contributed by atoms with van der Waals surface area (Å²) in [5.41, 5.74) is 5.97. The molecule has 0 aliphatic carbocycles. The summed E-state index contributed by atoms with van der Waals surface area (Å²) in [6.45, 7) is 7.00. The first kappa shape index (κ1) is 23.5. The van der Waals surface area contributed by atoms with Gasteiger partial charge in [-0.1, -0.05) is 6.07 Å². The Hall–Kier alpha value is -3.19. The van der Waals surface area contributed by atoms with E-state index in [1.807, 2.05) is 4.90 Å². The lowest BCUT2D eigenvalue weighted by atomic mass is 10.1. The Morgan fingerprint density at radius 1 is 1.22 bits per heavy atom. The maximum absolute atomic E-state index is 14.2. The average molecular weight is 504 g/mol. The van der Waals surface area contributed by atoms with Gasteiger partial charge < -0.3 is 20.3 Å². The Morgan fingerprint density at radius 3 is 2.41 bits per heavy atom. The van der Waals surface area contributed by atoms with E-state index in [0.29, 0.717) is 47.7 Å². The lowest BCUT2D eigenvalue weighted by Gasteiger charge is -2.36. The van der Waals surface area contributed by atoms with Gasteiger partial charge in [0.05, 0.1) is 16.8 Å². The first-order chi connectivity index (χ1) is 15.0. The molecule has 1 aromatic carbocycles. The number of hydrogen-bond acceptors (Lipinski definition) is 6. The summed E-state index contributed by atoms with van der Waals surface area (Å²) >= 11 is 3.38. The zero-order valence-electron chi connectivity index (χ0n) is 18.0. The van der Waals surface area contributed by atoms with E-state index in [-0.39, 0.29) is 11.1 Å². The molecule has 1 fully saturated rings. The third kappa shape index (κ3) is 5.16. The molecule has 2 heterocycles. The number of primary amides is 1. The fraction of sp³-hybridized carbons (Fsp3) is 0.364. The second kappa shape index (κ2) is 9.12. The van der Waals surface area contributed by atoms with Crippen LogP contribution < -0.4 is 10.6 Å². The van der Waals surface area contributed by atoms with Crippen LogP contribution in [0.4, 0.5) is 15.0 Å². The van der Waals surface area contributed by atoms with Crippen molar-refractivity contribution >= 4 is 33.7 Å². The SMILES string of the molecule is CC(C)(C)OC(=O)N1CCN(c2nc(-c3ccc(C#N)c(F)c3)c(Br)cc2C(N)=O)CC1. The van der Waals surface area contributed by atoms with Gasteiger partial charge in [0, 0.05) is 36.2 Å². The van der Waals surface area contributed by atoms with Gasteiger partial charge in [-0.25, -0.2) is 14.2 Å². The van der Waals surface area contributed by atoms with E-state index >= 15 is 0 Å². The van der Waals surface area contributed by atoms with Crippen molar-refractivity contribution in [1.29, 1.82) is 5.26 Å². The summed E-state index contributed by atoms with van der Waals surface area (Å²) in [7, 11) is 0. The minimum Gasteiger partial charge on any atom is -0.444 e. The van der Waals surface area contributed by atoms with E-state index in [2.05, 4.69) is 20.9 Å². The van der Waals surface area contributed by atoms with Gasteiger partial charge in [-0.05, 0) is 54.9 Å². The summed E-state index contributed by atoms with van der Waals surface area (Å²) < 4.78 is 20.0. The second-order valence-electron chi connectivity index (χ2n) is 8.32. The van der Waals surface area contributed by atoms with E-state index in [4.69, 9.17) is 15.7 Å². The molecule has 32 heavy (non-hydrogen) atoms. The molecule has 0 unspecified atom stereocenters. The highest BCUT2D eigenvalue weighted by Crippen LogP contribution is 2.33. The van der Waals surface area contributed by atoms with E-state index in [0.717, 1.165) is 0 Å². The van der Waals surface area contributed by atoms with Gasteiger partial charge in [-0.15, -0.1) is 0 Å². The predicted molar refractivity (Wildman–Crippen MR) is 121 cm³/mol. The van der Waals surface area contributed by atoms with Crippen LogP contribution in [0.3, 0.4) is 0 Å². The Bertz CT molecular complexity index is 1100. The van der Waals surface area contributed by atoms with Crippen LogP contribution in [0.25, 0.3) is 11.3 Å². The summed E-state index contributed by atoms with van der Waals surface area (Å²) in [5, 5.41) is 8.96. The summed E-state index contributed by atoms with van der Waals surface area (Å²) in [6.07, 6.45) is -0.398. The molecule has 8 nitrogen and oxygen atoms in total. The largest absolute Gasteiger partial charge is 0.444 e. The summed E-state index contributed by atoms with van der Waals surface area (Å²) in [5.74, 6) is -0.963. The monoisotopic (exact) mass is 503 g/mol. The van der Waals surface area contributed by atoms with Gasteiger partial charge in [0.25, 0.3) is 5.91 Å². The normalized spacial score (nSPS) is 14.1. The minimum absolute atomic E-state index is 0.0721. The lowest BCUT2D eigenvalue weighted by Crippen LogP contribution is -2.50.